The van der Waals surface area contributed by atoms with Gasteiger partial charge in [-0.15, -0.1) is 11.3 Å². The van der Waals surface area contributed by atoms with E-state index in [4.69, 9.17) is 5.73 Å². The average molecular weight is 255 g/mol. The molecule has 0 saturated heterocycles. The fraction of sp³-hybridized carbons (Fsp3) is 0.455. The molecule has 0 unspecified atom stereocenters. The van der Waals surface area contributed by atoms with Gasteiger partial charge in [-0.3, -0.25) is 10.1 Å². The van der Waals surface area contributed by atoms with Gasteiger partial charge >= 0.3 is 6.03 Å². The van der Waals surface area contributed by atoms with Gasteiger partial charge in [0.2, 0.25) is 5.91 Å². The first-order valence-corrected chi connectivity index (χ1v) is 6.14. The number of carbonyl (C=O) groups is 2. The van der Waals surface area contributed by atoms with Crippen molar-refractivity contribution >= 4 is 23.3 Å². The van der Waals surface area contributed by atoms with Crippen LogP contribution in [0.2, 0.25) is 0 Å². The molecule has 0 saturated carbocycles. The van der Waals surface area contributed by atoms with Crippen molar-refractivity contribution in [2.45, 2.75) is 19.3 Å². The molecule has 0 spiro atoms. The first kappa shape index (κ1) is 13.7. The van der Waals surface area contributed by atoms with E-state index in [0.717, 1.165) is 0 Å². The summed E-state index contributed by atoms with van der Waals surface area (Å²) in [5.41, 5.74) is 4.79. The van der Waals surface area contributed by atoms with Crippen molar-refractivity contribution < 1.29 is 9.59 Å². The van der Waals surface area contributed by atoms with Gasteiger partial charge in [-0.2, -0.15) is 0 Å². The number of amides is 3. The second-order valence-corrected chi connectivity index (χ2v) is 5.32. The maximum Gasteiger partial charge on any atom is 0.318 e. The molecule has 0 atom stereocenters. The average Bonchev–Trinajstić information content (AvgIpc) is 2.68. The predicted molar refractivity (Wildman–Crippen MR) is 67.9 cm³/mol. The van der Waals surface area contributed by atoms with Gasteiger partial charge in [0.25, 0.3) is 0 Å². The molecule has 3 amide bonds. The molecule has 0 aliphatic carbocycles. The molecule has 0 aliphatic heterocycles. The maximum atomic E-state index is 11.2. The molecular weight excluding hydrogens is 238 g/mol. The summed E-state index contributed by atoms with van der Waals surface area (Å²) in [6, 6.07) is 3.24. The zero-order valence-corrected chi connectivity index (χ0v) is 10.8. The lowest BCUT2D eigenvalue weighted by Gasteiger charge is -2.23. The quantitative estimate of drug-likeness (QED) is 0.728. The molecule has 17 heavy (non-hydrogen) atoms. The molecule has 0 radical (unpaired) electrons. The second-order valence-electron chi connectivity index (χ2n) is 4.38. The SMILES string of the molecule is CC(C)(CNCC(=O)NC(N)=O)c1cccs1. The van der Waals surface area contributed by atoms with Gasteiger partial charge in [0.15, 0.2) is 0 Å². The standard InChI is InChI=1S/C11H17N3O2S/c1-11(2,8-4-3-5-17-8)7-13-6-9(15)14-10(12)16/h3-5,13H,6-7H2,1-2H3,(H3,12,14,15,16). The summed E-state index contributed by atoms with van der Waals surface area (Å²) in [5.74, 6) is -0.417. The molecule has 94 valence electrons. The van der Waals surface area contributed by atoms with Gasteiger partial charge in [-0.1, -0.05) is 19.9 Å². The first-order valence-electron chi connectivity index (χ1n) is 5.26. The molecule has 1 aromatic rings. The molecule has 6 heteroatoms. The van der Waals surface area contributed by atoms with Crippen LogP contribution in [0, 0.1) is 0 Å². The third-order valence-corrected chi connectivity index (χ3v) is 3.54. The van der Waals surface area contributed by atoms with Gasteiger partial charge < -0.3 is 11.1 Å². The Morgan fingerprint density at radius 2 is 2.18 bits per heavy atom. The van der Waals surface area contributed by atoms with Crippen molar-refractivity contribution in [3.8, 4) is 0 Å². The number of nitrogens with two attached hydrogens (primary N) is 1. The van der Waals surface area contributed by atoms with Gasteiger partial charge in [-0.25, -0.2) is 4.79 Å². The highest BCUT2D eigenvalue weighted by atomic mass is 32.1. The molecule has 1 heterocycles. The zero-order chi connectivity index (χ0) is 12.9. The van der Waals surface area contributed by atoms with E-state index < -0.39 is 11.9 Å². The molecular formula is C11H17N3O2S. The Hall–Kier alpha value is -1.40. The van der Waals surface area contributed by atoms with Crippen LogP contribution in [0.15, 0.2) is 17.5 Å². The summed E-state index contributed by atoms with van der Waals surface area (Å²) < 4.78 is 0. The maximum absolute atomic E-state index is 11.2. The number of thiophene rings is 1. The lowest BCUT2D eigenvalue weighted by atomic mass is 9.91. The summed E-state index contributed by atoms with van der Waals surface area (Å²) in [5, 5.41) is 7.03. The minimum atomic E-state index is -0.825. The van der Waals surface area contributed by atoms with Crippen molar-refractivity contribution in [1.82, 2.24) is 10.6 Å². The normalized spacial score (nSPS) is 11.2. The van der Waals surface area contributed by atoms with Crippen LogP contribution >= 0.6 is 11.3 Å². The number of hydrogen-bond donors (Lipinski definition) is 3. The van der Waals surface area contributed by atoms with Crippen LogP contribution in [-0.4, -0.2) is 25.0 Å². The predicted octanol–water partition coefficient (Wildman–Crippen LogP) is 0.810. The highest BCUT2D eigenvalue weighted by molar-refractivity contribution is 7.10. The topological polar surface area (TPSA) is 84.2 Å². The van der Waals surface area contributed by atoms with Crippen LogP contribution in [0.4, 0.5) is 4.79 Å². The van der Waals surface area contributed by atoms with E-state index in [1.165, 1.54) is 4.88 Å². The minimum Gasteiger partial charge on any atom is -0.351 e. The number of imide groups is 1. The van der Waals surface area contributed by atoms with Crippen molar-refractivity contribution in [2.75, 3.05) is 13.1 Å². The number of rotatable bonds is 5. The van der Waals surface area contributed by atoms with E-state index in [9.17, 15) is 9.59 Å². The van der Waals surface area contributed by atoms with Crippen LogP contribution < -0.4 is 16.4 Å². The van der Waals surface area contributed by atoms with E-state index in [2.05, 4.69) is 25.2 Å². The van der Waals surface area contributed by atoms with Crippen LogP contribution in [0.3, 0.4) is 0 Å². The zero-order valence-electron chi connectivity index (χ0n) is 9.95. The second kappa shape index (κ2) is 5.79. The van der Waals surface area contributed by atoms with Crippen molar-refractivity contribution in [3.63, 3.8) is 0 Å². The first-order chi connectivity index (χ1) is 7.92. The fourth-order valence-corrected chi connectivity index (χ4v) is 2.27. The molecule has 0 bridgehead atoms. The molecule has 0 fully saturated rings. The summed E-state index contributed by atoms with van der Waals surface area (Å²) in [4.78, 5) is 22.8. The number of carbonyl (C=O) groups excluding carboxylic acids is 2. The third-order valence-electron chi connectivity index (χ3n) is 2.30. The number of primary amides is 1. The Morgan fingerprint density at radius 3 is 2.71 bits per heavy atom. The molecule has 4 N–H and O–H groups in total. The summed E-state index contributed by atoms with van der Waals surface area (Å²) >= 11 is 1.68. The fourth-order valence-electron chi connectivity index (χ4n) is 1.42. The summed E-state index contributed by atoms with van der Waals surface area (Å²) in [7, 11) is 0. The van der Waals surface area contributed by atoms with E-state index in [1.807, 2.05) is 16.8 Å². The monoisotopic (exact) mass is 255 g/mol. The number of nitrogens with one attached hydrogen (secondary N) is 2. The van der Waals surface area contributed by atoms with Crippen molar-refractivity contribution in [2.24, 2.45) is 5.73 Å². The summed E-state index contributed by atoms with van der Waals surface area (Å²) in [6.45, 7) is 4.92. The molecule has 0 aliphatic rings. The van der Waals surface area contributed by atoms with E-state index in [1.54, 1.807) is 11.3 Å². The van der Waals surface area contributed by atoms with Gasteiger partial charge in [0.05, 0.1) is 6.54 Å². The molecule has 0 aromatic carbocycles. The van der Waals surface area contributed by atoms with Crippen molar-refractivity contribution in [3.05, 3.63) is 22.4 Å². The Balaban J connectivity index is 2.36. The van der Waals surface area contributed by atoms with E-state index >= 15 is 0 Å². The Morgan fingerprint density at radius 1 is 1.47 bits per heavy atom. The Bertz CT molecular complexity index is 387. The molecule has 1 aromatic heterocycles. The van der Waals surface area contributed by atoms with Crippen molar-refractivity contribution in [1.29, 1.82) is 0 Å². The van der Waals surface area contributed by atoms with Crippen LogP contribution in [0.25, 0.3) is 0 Å². The highest BCUT2D eigenvalue weighted by Gasteiger charge is 2.21. The smallest absolute Gasteiger partial charge is 0.318 e. The largest absolute Gasteiger partial charge is 0.351 e. The van der Waals surface area contributed by atoms with Gasteiger partial charge in [0.1, 0.15) is 0 Å². The van der Waals surface area contributed by atoms with Crippen LogP contribution in [0.5, 0.6) is 0 Å². The van der Waals surface area contributed by atoms with Crippen LogP contribution in [-0.2, 0) is 10.2 Å². The molecule has 1 rings (SSSR count). The summed E-state index contributed by atoms with van der Waals surface area (Å²) in [6.07, 6.45) is 0. The van der Waals surface area contributed by atoms with E-state index in [0.29, 0.717) is 6.54 Å². The van der Waals surface area contributed by atoms with E-state index in [-0.39, 0.29) is 12.0 Å². The Labute approximate surface area is 104 Å². The lowest BCUT2D eigenvalue weighted by Crippen LogP contribution is -2.43. The lowest BCUT2D eigenvalue weighted by molar-refractivity contribution is -0.119. The number of urea groups is 1. The highest BCUT2D eigenvalue weighted by Crippen LogP contribution is 2.26. The third kappa shape index (κ3) is 4.54. The Kier molecular flexibility index (Phi) is 4.65. The van der Waals surface area contributed by atoms with Crippen LogP contribution in [0.1, 0.15) is 18.7 Å². The molecule has 5 nitrogen and oxygen atoms in total. The minimum absolute atomic E-state index is 0.0405. The number of hydrogen-bond acceptors (Lipinski definition) is 4. The van der Waals surface area contributed by atoms with Gasteiger partial charge in [-0.05, 0) is 11.4 Å². The van der Waals surface area contributed by atoms with Gasteiger partial charge in [0, 0.05) is 16.8 Å².